The SMILES string of the molecule is Cc1cn(Cc2nc(-c3ccc(=O)[nH]n3)no2)nc1C(F)(F)F. The highest BCUT2D eigenvalue weighted by Gasteiger charge is 2.36. The second kappa shape index (κ2) is 5.34. The Labute approximate surface area is 125 Å². The molecule has 0 fully saturated rings. The highest BCUT2D eigenvalue weighted by atomic mass is 19.4. The fraction of sp³-hybridized carbons (Fsp3) is 0.250. The molecule has 3 aromatic heterocycles. The van der Waals surface area contributed by atoms with Crippen molar-refractivity contribution < 1.29 is 17.7 Å². The standard InChI is InChI=1S/C12H9F3N6O2/c1-6-4-21(19-10(6)12(13,14)15)5-9-16-11(20-23-9)7-2-3-8(22)18-17-7/h2-4H,5H2,1H3,(H,18,22). The van der Waals surface area contributed by atoms with E-state index in [1.54, 1.807) is 0 Å². The number of hydrogen-bond donors (Lipinski definition) is 1. The molecule has 1 N–H and O–H groups in total. The Kier molecular flexibility index (Phi) is 3.47. The highest BCUT2D eigenvalue weighted by Crippen LogP contribution is 2.30. The molecule has 0 aliphatic rings. The molecule has 0 aromatic carbocycles. The lowest BCUT2D eigenvalue weighted by atomic mass is 10.3. The molecule has 3 heterocycles. The minimum atomic E-state index is -4.52. The van der Waals surface area contributed by atoms with Gasteiger partial charge in [-0.3, -0.25) is 9.48 Å². The molecule has 0 radical (unpaired) electrons. The largest absolute Gasteiger partial charge is 0.435 e. The number of alkyl halides is 3. The van der Waals surface area contributed by atoms with E-state index in [0.717, 1.165) is 4.68 Å². The van der Waals surface area contributed by atoms with Crippen molar-refractivity contribution in [2.45, 2.75) is 19.6 Å². The summed E-state index contributed by atoms with van der Waals surface area (Å²) in [6, 6.07) is 2.64. The lowest BCUT2D eigenvalue weighted by molar-refractivity contribution is -0.141. The minimum absolute atomic E-state index is 0.000426. The molecule has 11 heteroatoms. The first-order valence-electron chi connectivity index (χ1n) is 6.33. The molecule has 3 rings (SSSR count). The Morgan fingerprint density at radius 1 is 1.35 bits per heavy atom. The summed E-state index contributed by atoms with van der Waals surface area (Å²) in [7, 11) is 0. The Morgan fingerprint density at radius 3 is 2.74 bits per heavy atom. The number of hydrogen-bond acceptors (Lipinski definition) is 6. The Bertz CT molecular complexity index is 874. The first kappa shape index (κ1) is 14.9. The smallest absolute Gasteiger partial charge is 0.337 e. The van der Waals surface area contributed by atoms with Crippen molar-refractivity contribution >= 4 is 0 Å². The monoisotopic (exact) mass is 326 g/mol. The zero-order valence-corrected chi connectivity index (χ0v) is 11.6. The molecule has 0 bridgehead atoms. The van der Waals surface area contributed by atoms with Gasteiger partial charge in [0.2, 0.25) is 11.7 Å². The van der Waals surface area contributed by atoms with Gasteiger partial charge in [0.25, 0.3) is 5.56 Å². The summed E-state index contributed by atoms with van der Waals surface area (Å²) in [6.45, 7) is 1.20. The molecule has 3 aromatic rings. The molecule has 8 nitrogen and oxygen atoms in total. The van der Waals surface area contributed by atoms with E-state index in [-0.39, 0.29) is 35.1 Å². The second-order valence-corrected chi connectivity index (χ2v) is 4.67. The number of H-pyrrole nitrogens is 1. The second-order valence-electron chi connectivity index (χ2n) is 4.67. The van der Waals surface area contributed by atoms with Crippen LogP contribution in [0.4, 0.5) is 13.2 Å². The summed E-state index contributed by atoms with van der Waals surface area (Å²) in [5.74, 6) is 0.167. The van der Waals surface area contributed by atoms with Crippen LogP contribution in [0.1, 0.15) is 17.1 Å². The van der Waals surface area contributed by atoms with E-state index in [1.807, 2.05) is 0 Å². The molecule has 0 amide bonds. The third-order valence-electron chi connectivity index (χ3n) is 2.89. The highest BCUT2D eigenvalue weighted by molar-refractivity contribution is 5.46. The van der Waals surface area contributed by atoms with Crippen molar-refractivity contribution in [2.24, 2.45) is 0 Å². The van der Waals surface area contributed by atoms with Gasteiger partial charge < -0.3 is 4.52 Å². The minimum Gasteiger partial charge on any atom is -0.337 e. The summed E-state index contributed by atoms with van der Waals surface area (Å²) in [6.07, 6.45) is -3.28. The summed E-state index contributed by atoms with van der Waals surface area (Å²) in [5.41, 5.74) is -1.07. The summed E-state index contributed by atoms with van der Waals surface area (Å²) >= 11 is 0. The first-order chi connectivity index (χ1) is 10.8. The van der Waals surface area contributed by atoms with Crippen LogP contribution in [0.15, 0.2) is 27.6 Å². The van der Waals surface area contributed by atoms with Gasteiger partial charge in [0.15, 0.2) is 5.69 Å². The summed E-state index contributed by atoms with van der Waals surface area (Å²) in [4.78, 5) is 14.9. The molecule has 0 aliphatic carbocycles. The molecule has 0 aliphatic heterocycles. The van der Waals surface area contributed by atoms with Gasteiger partial charge in [-0.1, -0.05) is 5.16 Å². The number of aryl methyl sites for hydroxylation is 1. The summed E-state index contributed by atoms with van der Waals surface area (Å²) < 4.78 is 44.1. The van der Waals surface area contributed by atoms with Crippen LogP contribution in [0.25, 0.3) is 11.5 Å². The van der Waals surface area contributed by atoms with E-state index >= 15 is 0 Å². The number of aromatic amines is 1. The fourth-order valence-electron chi connectivity index (χ4n) is 1.91. The zero-order chi connectivity index (χ0) is 16.6. The van der Waals surface area contributed by atoms with E-state index in [2.05, 4.69) is 25.4 Å². The van der Waals surface area contributed by atoms with Gasteiger partial charge in [0, 0.05) is 12.3 Å². The Hall–Kier alpha value is -2.98. The Morgan fingerprint density at radius 2 is 2.13 bits per heavy atom. The molecule has 0 saturated heterocycles. The van der Waals surface area contributed by atoms with Crippen LogP contribution in [0.3, 0.4) is 0 Å². The predicted octanol–water partition coefficient (Wildman–Crippen LogP) is 1.39. The summed E-state index contributed by atoms with van der Waals surface area (Å²) in [5, 5.41) is 13.1. The van der Waals surface area contributed by atoms with Crippen molar-refractivity contribution in [1.82, 2.24) is 30.1 Å². The zero-order valence-electron chi connectivity index (χ0n) is 11.6. The van der Waals surface area contributed by atoms with Gasteiger partial charge in [-0.2, -0.15) is 28.4 Å². The molecule has 0 saturated carbocycles. The normalized spacial score (nSPS) is 11.8. The van der Waals surface area contributed by atoms with E-state index < -0.39 is 11.9 Å². The van der Waals surface area contributed by atoms with Crippen LogP contribution in [-0.4, -0.2) is 30.1 Å². The van der Waals surface area contributed by atoms with E-state index in [4.69, 9.17) is 4.52 Å². The third kappa shape index (κ3) is 3.12. The van der Waals surface area contributed by atoms with Gasteiger partial charge in [0.05, 0.1) is 0 Å². The average molecular weight is 326 g/mol. The number of aromatic nitrogens is 6. The maximum absolute atomic E-state index is 12.7. The van der Waals surface area contributed by atoms with E-state index in [0.29, 0.717) is 0 Å². The maximum atomic E-state index is 12.7. The lowest BCUT2D eigenvalue weighted by Crippen LogP contribution is -2.09. The molecule has 0 unspecified atom stereocenters. The number of nitrogens with zero attached hydrogens (tertiary/aromatic N) is 5. The Balaban J connectivity index is 1.82. The van der Waals surface area contributed by atoms with Gasteiger partial charge in [-0.05, 0) is 18.6 Å². The number of nitrogens with one attached hydrogen (secondary N) is 1. The molecular formula is C12H9F3N6O2. The van der Waals surface area contributed by atoms with E-state index in [1.165, 1.54) is 25.3 Å². The molecule has 120 valence electrons. The fourth-order valence-corrected chi connectivity index (χ4v) is 1.91. The van der Waals surface area contributed by atoms with Crippen LogP contribution in [0.5, 0.6) is 0 Å². The molecule has 23 heavy (non-hydrogen) atoms. The van der Waals surface area contributed by atoms with Gasteiger partial charge in [-0.25, -0.2) is 5.10 Å². The van der Waals surface area contributed by atoms with E-state index in [9.17, 15) is 18.0 Å². The van der Waals surface area contributed by atoms with Crippen LogP contribution >= 0.6 is 0 Å². The van der Waals surface area contributed by atoms with Crippen LogP contribution < -0.4 is 5.56 Å². The van der Waals surface area contributed by atoms with Crippen molar-refractivity contribution in [2.75, 3.05) is 0 Å². The topological polar surface area (TPSA) is 102 Å². The first-order valence-corrected chi connectivity index (χ1v) is 6.33. The maximum Gasteiger partial charge on any atom is 0.435 e. The predicted molar refractivity (Wildman–Crippen MR) is 69.2 cm³/mol. The molecular weight excluding hydrogens is 317 g/mol. The van der Waals surface area contributed by atoms with Crippen molar-refractivity contribution in [3.05, 3.63) is 45.8 Å². The molecule has 0 atom stereocenters. The van der Waals surface area contributed by atoms with Gasteiger partial charge >= 0.3 is 6.18 Å². The number of halogens is 3. The van der Waals surface area contributed by atoms with Crippen LogP contribution in [0.2, 0.25) is 0 Å². The lowest BCUT2D eigenvalue weighted by Gasteiger charge is -2.02. The van der Waals surface area contributed by atoms with Crippen molar-refractivity contribution in [3.8, 4) is 11.5 Å². The van der Waals surface area contributed by atoms with Gasteiger partial charge in [0.1, 0.15) is 12.2 Å². The third-order valence-corrected chi connectivity index (χ3v) is 2.89. The van der Waals surface area contributed by atoms with Crippen LogP contribution in [-0.2, 0) is 12.7 Å². The van der Waals surface area contributed by atoms with Gasteiger partial charge in [-0.15, -0.1) is 0 Å². The molecule has 0 spiro atoms. The van der Waals surface area contributed by atoms with Crippen molar-refractivity contribution in [3.63, 3.8) is 0 Å². The van der Waals surface area contributed by atoms with Crippen molar-refractivity contribution in [1.29, 1.82) is 0 Å². The number of rotatable bonds is 3. The quantitative estimate of drug-likeness (QED) is 0.780. The van der Waals surface area contributed by atoms with Crippen LogP contribution in [0, 0.1) is 6.92 Å². The average Bonchev–Trinajstić information content (AvgIpc) is 3.06.